The van der Waals surface area contributed by atoms with E-state index in [1.54, 1.807) is 18.5 Å². The zero-order valence-corrected chi connectivity index (χ0v) is 15.0. The van der Waals surface area contributed by atoms with Gasteiger partial charge in [0.1, 0.15) is 5.75 Å². The Labute approximate surface area is 158 Å². The number of imidazole rings is 1. The third-order valence-electron chi connectivity index (χ3n) is 3.88. The number of H-pyrrole nitrogens is 1. The van der Waals surface area contributed by atoms with Crippen LogP contribution in [0.15, 0.2) is 78.2 Å². The van der Waals surface area contributed by atoms with Gasteiger partial charge in [-0.15, -0.1) is 0 Å². The van der Waals surface area contributed by atoms with E-state index in [1.165, 1.54) is 0 Å². The maximum absolute atomic E-state index is 12.4. The fraction of sp³-hybridized carbons (Fsp3) is 0.190. The molecule has 0 atom stereocenters. The minimum Gasteiger partial charge on any atom is -0.426 e. The predicted molar refractivity (Wildman–Crippen MR) is 105 cm³/mol. The first-order valence-corrected chi connectivity index (χ1v) is 8.92. The van der Waals surface area contributed by atoms with Crippen LogP contribution in [0.1, 0.15) is 28.9 Å². The summed E-state index contributed by atoms with van der Waals surface area (Å²) in [5, 5.41) is 2.76. The molecule has 0 fully saturated rings. The summed E-state index contributed by atoms with van der Waals surface area (Å²) in [7, 11) is 0. The molecule has 0 bridgehead atoms. The van der Waals surface area contributed by atoms with Gasteiger partial charge in [-0.1, -0.05) is 36.4 Å². The molecule has 0 aliphatic rings. The zero-order chi connectivity index (χ0) is 18.7. The van der Waals surface area contributed by atoms with Gasteiger partial charge in [-0.05, 0) is 43.5 Å². The molecule has 1 heterocycles. The van der Waals surface area contributed by atoms with E-state index in [4.69, 9.17) is 4.74 Å². The van der Waals surface area contributed by atoms with E-state index in [9.17, 15) is 4.79 Å². The number of aryl methyl sites for hydroxylation is 1. The standard InChI is InChI=1S/C21H22N4O2/c26-20(17-9-3-1-4-10-17)25-21(27-19-12-5-2-6-13-19)23-14-8-7-11-18-15-22-16-24-18/h1-6,9-10,12-13,15-16H,7-8,11,14H2,(H,22,24)(H,23,25,26). The number of ether oxygens (including phenoxy) is 1. The molecular weight excluding hydrogens is 340 g/mol. The first-order valence-electron chi connectivity index (χ1n) is 8.92. The molecule has 0 radical (unpaired) electrons. The van der Waals surface area contributed by atoms with E-state index in [0.29, 0.717) is 17.9 Å². The summed E-state index contributed by atoms with van der Waals surface area (Å²) in [5.41, 5.74) is 1.67. The number of para-hydroxylation sites is 1. The normalized spacial score (nSPS) is 11.2. The number of aliphatic imine (C=N–C) groups is 1. The minimum atomic E-state index is -0.247. The molecule has 0 aliphatic heterocycles. The van der Waals surface area contributed by atoms with Crippen molar-refractivity contribution in [3.63, 3.8) is 0 Å². The van der Waals surface area contributed by atoms with Gasteiger partial charge in [-0.3, -0.25) is 10.1 Å². The van der Waals surface area contributed by atoms with Crippen LogP contribution in [0.4, 0.5) is 0 Å². The van der Waals surface area contributed by atoms with Gasteiger partial charge in [0.25, 0.3) is 11.9 Å². The van der Waals surface area contributed by atoms with Crippen LogP contribution in [0.25, 0.3) is 0 Å². The SMILES string of the molecule is O=C(NC(=NCCCCc1cnc[nH]1)Oc1ccccc1)c1ccccc1. The molecule has 138 valence electrons. The first kappa shape index (κ1) is 18.4. The Bertz CT molecular complexity index is 846. The highest BCUT2D eigenvalue weighted by molar-refractivity contribution is 6.04. The van der Waals surface area contributed by atoms with E-state index < -0.39 is 0 Å². The molecule has 6 nitrogen and oxygen atoms in total. The van der Waals surface area contributed by atoms with Gasteiger partial charge in [0.05, 0.1) is 6.33 Å². The molecule has 27 heavy (non-hydrogen) atoms. The van der Waals surface area contributed by atoms with Crippen LogP contribution in [0, 0.1) is 0 Å². The van der Waals surface area contributed by atoms with Gasteiger partial charge in [-0.2, -0.15) is 0 Å². The highest BCUT2D eigenvalue weighted by Crippen LogP contribution is 2.09. The Balaban J connectivity index is 1.59. The average Bonchev–Trinajstić information content (AvgIpc) is 3.22. The number of amides is 1. The smallest absolute Gasteiger partial charge is 0.297 e. The van der Waals surface area contributed by atoms with Crippen molar-refractivity contribution in [3.05, 3.63) is 84.4 Å². The molecule has 0 unspecified atom stereocenters. The van der Waals surface area contributed by atoms with Crippen LogP contribution in [-0.4, -0.2) is 28.4 Å². The second-order valence-electron chi connectivity index (χ2n) is 5.96. The number of aromatic amines is 1. The van der Waals surface area contributed by atoms with Crippen LogP contribution in [-0.2, 0) is 6.42 Å². The summed E-state index contributed by atoms with van der Waals surface area (Å²) in [5.74, 6) is 0.379. The summed E-state index contributed by atoms with van der Waals surface area (Å²) in [6.45, 7) is 0.561. The Morgan fingerprint density at radius 2 is 1.78 bits per heavy atom. The van der Waals surface area contributed by atoms with E-state index in [1.807, 2.05) is 54.7 Å². The fourth-order valence-corrected chi connectivity index (χ4v) is 2.49. The van der Waals surface area contributed by atoms with Crippen molar-refractivity contribution in [2.45, 2.75) is 19.3 Å². The third kappa shape index (κ3) is 6.11. The summed E-state index contributed by atoms with van der Waals surface area (Å²) in [6.07, 6.45) is 6.27. The van der Waals surface area contributed by atoms with Gasteiger partial charge in [0, 0.05) is 24.0 Å². The summed E-state index contributed by atoms with van der Waals surface area (Å²) in [6, 6.07) is 18.5. The number of hydrogen-bond acceptors (Lipinski definition) is 4. The molecule has 1 amide bonds. The van der Waals surface area contributed by atoms with E-state index >= 15 is 0 Å². The van der Waals surface area contributed by atoms with Crippen molar-refractivity contribution in [2.75, 3.05) is 6.54 Å². The molecule has 2 N–H and O–H groups in total. The number of unbranched alkanes of at least 4 members (excludes halogenated alkanes) is 1. The second-order valence-corrected chi connectivity index (χ2v) is 5.96. The lowest BCUT2D eigenvalue weighted by Crippen LogP contribution is -2.34. The molecule has 0 aliphatic carbocycles. The van der Waals surface area contributed by atoms with Crippen molar-refractivity contribution >= 4 is 11.9 Å². The van der Waals surface area contributed by atoms with Gasteiger partial charge in [-0.25, -0.2) is 9.98 Å². The number of carbonyl (C=O) groups is 1. The zero-order valence-electron chi connectivity index (χ0n) is 15.0. The van der Waals surface area contributed by atoms with Gasteiger partial charge >= 0.3 is 0 Å². The monoisotopic (exact) mass is 362 g/mol. The van der Waals surface area contributed by atoms with Crippen molar-refractivity contribution in [3.8, 4) is 5.75 Å². The number of nitrogens with zero attached hydrogens (tertiary/aromatic N) is 2. The number of amidine groups is 1. The number of aromatic nitrogens is 2. The van der Waals surface area contributed by atoms with Gasteiger partial charge < -0.3 is 9.72 Å². The Morgan fingerprint density at radius 1 is 1.04 bits per heavy atom. The van der Waals surface area contributed by atoms with Crippen LogP contribution in [0.3, 0.4) is 0 Å². The van der Waals surface area contributed by atoms with Crippen molar-refractivity contribution < 1.29 is 9.53 Å². The van der Waals surface area contributed by atoms with Crippen molar-refractivity contribution in [1.82, 2.24) is 15.3 Å². The highest BCUT2D eigenvalue weighted by Gasteiger charge is 2.10. The largest absolute Gasteiger partial charge is 0.426 e. The van der Waals surface area contributed by atoms with Gasteiger partial charge in [0.15, 0.2) is 0 Å². The highest BCUT2D eigenvalue weighted by atomic mass is 16.5. The van der Waals surface area contributed by atoms with Gasteiger partial charge in [0.2, 0.25) is 0 Å². The minimum absolute atomic E-state index is 0.205. The lowest BCUT2D eigenvalue weighted by atomic mass is 10.2. The predicted octanol–water partition coefficient (Wildman–Crippen LogP) is 3.60. The summed E-state index contributed by atoms with van der Waals surface area (Å²) < 4.78 is 5.76. The maximum Gasteiger partial charge on any atom is 0.297 e. The van der Waals surface area contributed by atoms with E-state index in [-0.39, 0.29) is 11.9 Å². The first-order chi connectivity index (χ1) is 13.3. The van der Waals surface area contributed by atoms with Crippen LogP contribution >= 0.6 is 0 Å². The quantitative estimate of drug-likeness (QED) is 0.383. The van der Waals surface area contributed by atoms with Crippen LogP contribution in [0.2, 0.25) is 0 Å². The lowest BCUT2D eigenvalue weighted by Gasteiger charge is -2.10. The number of benzene rings is 2. The van der Waals surface area contributed by atoms with E-state index in [0.717, 1.165) is 25.0 Å². The number of rotatable bonds is 7. The molecule has 0 saturated heterocycles. The fourth-order valence-electron chi connectivity index (χ4n) is 2.49. The topological polar surface area (TPSA) is 79.4 Å². The lowest BCUT2D eigenvalue weighted by molar-refractivity contribution is 0.0971. The van der Waals surface area contributed by atoms with Crippen LogP contribution < -0.4 is 10.1 Å². The Hall–Kier alpha value is -3.41. The average molecular weight is 362 g/mol. The summed E-state index contributed by atoms with van der Waals surface area (Å²) in [4.78, 5) is 23.9. The maximum atomic E-state index is 12.4. The molecule has 1 aromatic heterocycles. The van der Waals surface area contributed by atoms with Crippen molar-refractivity contribution in [2.24, 2.45) is 4.99 Å². The number of hydrogen-bond donors (Lipinski definition) is 2. The van der Waals surface area contributed by atoms with Crippen molar-refractivity contribution in [1.29, 1.82) is 0 Å². The number of carbonyl (C=O) groups excluding carboxylic acids is 1. The molecule has 3 aromatic rings. The molecule has 3 rings (SSSR count). The summed E-state index contributed by atoms with van der Waals surface area (Å²) >= 11 is 0. The molecule has 2 aromatic carbocycles. The molecule has 0 spiro atoms. The molecule has 6 heteroatoms. The Morgan fingerprint density at radius 3 is 2.48 bits per heavy atom. The molecule has 0 saturated carbocycles. The molecular formula is C21H22N4O2. The third-order valence-corrected chi connectivity index (χ3v) is 3.88. The van der Waals surface area contributed by atoms with Crippen LogP contribution in [0.5, 0.6) is 5.75 Å². The Kier molecular flexibility index (Phi) is 6.75. The second kappa shape index (κ2) is 9.91. The van der Waals surface area contributed by atoms with E-state index in [2.05, 4.69) is 20.3 Å². The number of nitrogens with one attached hydrogen (secondary N) is 2.